The third kappa shape index (κ3) is 6.32. The summed E-state index contributed by atoms with van der Waals surface area (Å²) in [6, 6.07) is 7.08. The van der Waals surface area contributed by atoms with Crippen molar-refractivity contribution < 1.29 is 19.1 Å². The van der Waals surface area contributed by atoms with Crippen molar-refractivity contribution in [2.24, 2.45) is 11.8 Å². The molecule has 2 aromatic rings. The maximum atomic E-state index is 13.9. The van der Waals surface area contributed by atoms with Crippen molar-refractivity contribution in [1.82, 2.24) is 20.1 Å². The highest BCUT2D eigenvalue weighted by molar-refractivity contribution is 6.00. The number of piperazine rings is 1. The predicted molar refractivity (Wildman–Crippen MR) is 160 cm³/mol. The number of carbonyl (C=O) groups excluding carboxylic acids is 3. The molecule has 5 rings (SSSR count). The minimum atomic E-state index is -0.858. The molecule has 1 unspecified atom stereocenters. The molecule has 224 valence electrons. The van der Waals surface area contributed by atoms with Gasteiger partial charge in [-0.15, -0.1) is 0 Å². The molecule has 8 heteroatoms. The quantitative estimate of drug-likeness (QED) is 0.380. The van der Waals surface area contributed by atoms with E-state index in [0.29, 0.717) is 45.0 Å². The molecular formula is C33H48N4O4. The van der Waals surface area contributed by atoms with E-state index in [-0.39, 0.29) is 23.7 Å². The third-order valence-electron chi connectivity index (χ3n) is 9.50. The summed E-state index contributed by atoms with van der Waals surface area (Å²) in [6.45, 7) is 8.22. The Bertz CT molecular complexity index is 1210. The second-order valence-electron chi connectivity index (χ2n) is 12.9. The Morgan fingerprint density at radius 1 is 1.10 bits per heavy atom. The van der Waals surface area contributed by atoms with Crippen molar-refractivity contribution in [2.75, 3.05) is 26.2 Å². The fourth-order valence-electron chi connectivity index (χ4n) is 7.15. The lowest BCUT2D eigenvalue weighted by Crippen LogP contribution is -2.73. The van der Waals surface area contributed by atoms with Crippen molar-refractivity contribution >= 4 is 28.7 Å². The second kappa shape index (κ2) is 13.0. The van der Waals surface area contributed by atoms with E-state index in [9.17, 15) is 14.4 Å². The summed E-state index contributed by atoms with van der Waals surface area (Å²) in [5.74, 6) is 0.562. The number of unbranched alkanes of at least 4 members (excludes halogenated alkanes) is 1. The van der Waals surface area contributed by atoms with Gasteiger partial charge in [-0.3, -0.25) is 14.5 Å². The van der Waals surface area contributed by atoms with Gasteiger partial charge in [-0.25, -0.2) is 4.79 Å². The molecule has 1 saturated carbocycles. The highest BCUT2D eigenvalue weighted by atomic mass is 16.5. The number of esters is 1. The SMILES string of the molecule is CCCCN1C(=O)[C@H](CC2CCCCC2)NC(=O)C12CCN(C(C(=O)OCC(C)C)c1ccc3[nH]ccc3c1)CC2. The summed E-state index contributed by atoms with van der Waals surface area (Å²) in [5, 5.41) is 4.23. The van der Waals surface area contributed by atoms with Crippen molar-refractivity contribution in [2.45, 2.75) is 103 Å². The number of piperidine rings is 1. The fourth-order valence-corrected chi connectivity index (χ4v) is 7.15. The molecule has 1 aromatic carbocycles. The van der Waals surface area contributed by atoms with Gasteiger partial charge in [0, 0.05) is 31.3 Å². The van der Waals surface area contributed by atoms with Gasteiger partial charge < -0.3 is 19.9 Å². The zero-order valence-corrected chi connectivity index (χ0v) is 25.1. The molecule has 3 aliphatic rings. The van der Waals surface area contributed by atoms with Crippen LogP contribution in [0.2, 0.25) is 0 Å². The Labute approximate surface area is 244 Å². The zero-order chi connectivity index (χ0) is 29.0. The summed E-state index contributed by atoms with van der Waals surface area (Å²) < 4.78 is 5.77. The predicted octanol–water partition coefficient (Wildman–Crippen LogP) is 5.34. The highest BCUT2D eigenvalue weighted by Crippen LogP contribution is 2.38. The first-order valence-electron chi connectivity index (χ1n) is 15.9. The van der Waals surface area contributed by atoms with Gasteiger partial charge in [-0.1, -0.05) is 65.4 Å². The minimum Gasteiger partial charge on any atom is -0.464 e. The van der Waals surface area contributed by atoms with Crippen LogP contribution in [-0.4, -0.2) is 70.4 Å². The Hall–Kier alpha value is -2.87. The summed E-state index contributed by atoms with van der Waals surface area (Å²) >= 11 is 0. The number of rotatable bonds is 10. The van der Waals surface area contributed by atoms with Gasteiger partial charge in [0.05, 0.1) is 6.61 Å². The maximum Gasteiger partial charge on any atom is 0.328 e. The first kappa shape index (κ1) is 29.6. The van der Waals surface area contributed by atoms with Gasteiger partial charge in [0.25, 0.3) is 0 Å². The number of hydrogen-bond donors (Lipinski definition) is 2. The lowest BCUT2D eigenvalue weighted by Gasteiger charge is -2.52. The van der Waals surface area contributed by atoms with Crippen LogP contribution in [0.15, 0.2) is 30.5 Å². The monoisotopic (exact) mass is 564 g/mol. The molecule has 1 aromatic heterocycles. The van der Waals surface area contributed by atoms with E-state index in [1.165, 1.54) is 19.3 Å². The molecule has 1 aliphatic carbocycles. The van der Waals surface area contributed by atoms with Crippen LogP contribution < -0.4 is 5.32 Å². The molecule has 2 N–H and O–H groups in total. The summed E-state index contributed by atoms with van der Waals surface area (Å²) in [6.07, 6.45) is 11.5. The lowest BCUT2D eigenvalue weighted by molar-refractivity contribution is -0.164. The van der Waals surface area contributed by atoms with Gasteiger partial charge >= 0.3 is 5.97 Å². The highest BCUT2D eigenvalue weighted by Gasteiger charge is 2.54. The van der Waals surface area contributed by atoms with Crippen molar-refractivity contribution in [3.05, 3.63) is 36.0 Å². The molecule has 3 fully saturated rings. The Morgan fingerprint density at radius 2 is 1.85 bits per heavy atom. The molecule has 2 atom stereocenters. The Kier molecular flexibility index (Phi) is 9.37. The number of amides is 2. The Morgan fingerprint density at radius 3 is 2.56 bits per heavy atom. The number of ether oxygens (including phenoxy) is 1. The largest absolute Gasteiger partial charge is 0.464 e. The first-order valence-corrected chi connectivity index (χ1v) is 15.9. The normalized spacial score (nSPS) is 22.8. The molecule has 3 heterocycles. The number of aromatic nitrogens is 1. The molecule has 0 bridgehead atoms. The van der Waals surface area contributed by atoms with Crippen LogP contribution in [0.3, 0.4) is 0 Å². The fraction of sp³-hybridized carbons (Fsp3) is 0.667. The molecule has 2 amide bonds. The first-order chi connectivity index (χ1) is 19.8. The van der Waals surface area contributed by atoms with E-state index in [1.807, 2.05) is 43.1 Å². The number of likely N-dealkylation sites (tertiary alicyclic amines) is 1. The maximum absolute atomic E-state index is 13.9. The topological polar surface area (TPSA) is 94.7 Å². The number of benzene rings is 1. The molecular weight excluding hydrogens is 516 g/mol. The van der Waals surface area contributed by atoms with Crippen LogP contribution in [-0.2, 0) is 19.1 Å². The van der Waals surface area contributed by atoms with Crippen molar-refractivity contribution in [1.29, 1.82) is 0 Å². The summed E-state index contributed by atoms with van der Waals surface area (Å²) in [7, 11) is 0. The van der Waals surface area contributed by atoms with Crippen LogP contribution in [0.25, 0.3) is 10.9 Å². The third-order valence-corrected chi connectivity index (χ3v) is 9.50. The van der Waals surface area contributed by atoms with Crippen molar-refractivity contribution in [3.8, 4) is 0 Å². The average Bonchev–Trinajstić information content (AvgIpc) is 3.45. The molecule has 41 heavy (non-hydrogen) atoms. The lowest BCUT2D eigenvalue weighted by atomic mass is 9.78. The van der Waals surface area contributed by atoms with E-state index < -0.39 is 17.6 Å². The van der Waals surface area contributed by atoms with Crippen LogP contribution in [0.1, 0.15) is 96.6 Å². The molecule has 2 saturated heterocycles. The Balaban J connectivity index is 1.36. The van der Waals surface area contributed by atoms with Crippen LogP contribution in [0, 0.1) is 11.8 Å². The van der Waals surface area contributed by atoms with E-state index in [1.54, 1.807) is 0 Å². The molecule has 2 aliphatic heterocycles. The zero-order valence-electron chi connectivity index (χ0n) is 25.1. The van der Waals surface area contributed by atoms with Gasteiger partial charge in [0.15, 0.2) is 0 Å². The van der Waals surface area contributed by atoms with Gasteiger partial charge in [0.2, 0.25) is 11.8 Å². The number of hydrogen-bond acceptors (Lipinski definition) is 5. The molecule has 0 radical (unpaired) electrons. The number of fused-ring (bicyclic) bond motifs is 1. The average molecular weight is 565 g/mol. The van der Waals surface area contributed by atoms with Crippen molar-refractivity contribution in [3.63, 3.8) is 0 Å². The molecule has 8 nitrogen and oxygen atoms in total. The van der Waals surface area contributed by atoms with Gasteiger partial charge in [0.1, 0.15) is 17.6 Å². The molecule has 1 spiro atoms. The van der Waals surface area contributed by atoms with Crippen LogP contribution >= 0.6 is 0 Å². The van der Waals surface area contributed by atoms with Crippen LogP contribution in [0.4, 0.5) is 0 Å². The number of carbonyl (C=O) groups is 3. The standard InChI is InChI=1S/C33H48N4O4/c1-4-5-17-37-30(38)28(20-24-9-7-6-8-10-24)35-32(40)33(37)14-18-36(19-15-33)29(31(39)41-22-23(2)3)26-11-12-27-25(21-26)13-16-34-27/h11-13,16,21,23-24,28-29,34H,4-10,14-15,17-20,22H2,1-3H3,(H,35,40)/t28-,29?/m0/s1. The van der Waals surface area contributed by atoms with E-state index in [4.69, 9.17) is 4.74 Å². The van der Waals surface area contributed by atoms with Gasteiger partial charge in [-0.2, -0.15) is 0 Å². The summed E-state index contributed by atoms with van der Waals surface area (Å²) in [4.78, 5) is 48.7. The van der Waals surface area contributed by atoms with E-state index in [2.05, 4.69) is 28.2 Å². The second-order valence-corrected chi connectivity index (χ2v) is 12.9. The minimum absolute atomic E-state index is 0.0126. The smallest absolute Gasteiger partial charge is 0.328 e. The van der Waals surface area contributed by atoms with E-state index in [0.717, 1.165) is 48.6 Å². The van der Waals surface area contributed by atoms with Gasteiger partial charge in [-0.05, 0) is 66.7 Å². The number of nitrogens with one attached hydrogen (secondary N) is 2. The van der Waals surface area contributed by atoms with Crippen LogP contribution in [0.5, 0.6) is 0 Å². The summed E-state index contributed by atoms with van der Waals surface area (Å²) in [5.41, 5.74) is 1.05. The van der Waals surface area contributed by atoms with E-state index >= 15 is 0 Å². The number of H-pyrrole nitrogens is 1. The number of nitrogens with zero attached hydrogens (tertiary/aromatic N) is 2. The number of aromatic amines is 1.